The number of amides is 1. The van der Waals surface area contributed by atoms with Gasteiger partial charge in [0.2, 0.25) is 15.9 Å². The van der Waals surface area contributed by atoms with Gasteiger partial charge >= 0.3 is 0 Å². The predicted octanol–water partition coefficient (Wildman–Crippen LogP) is 3.27. The molecule has 2 fully saturated rings. The number of carbonyl (C=O) groups is 1. The van der Waals surface area contributed by atoms with Crippen LogP contribution in [0.15, 0.2) is 35.2 Å². The van der Waals surface area contributed by atoms with E-state index in [1.165, 1.54) is 23.6 Å². The highest BCUT2D eigenvalue weighted by atomic mass is 32.2. The molecule has 5 nitrogen and oxygen atoms in total. The molecule has 0 aromatic heterocycles. The molecule has 1 aromatic rings. The van der Waals surface area contributed by atoms with E-state index in [-0.39, 0.29) is 11.8 Å². The Hall–Kier alpha value is -1.40. The van der Waals surface area contributed by atoms with Crippen LogP contribution in [0, 0.1) is 5.92 Å². The van der Waals surface area contributed by atoms with Crippen molar-refractivity contribution in [2.75, 3.05) is 19.6 Å². The molecule has 1 heterocycles. The number of piperidine rings is 1. The minimum Gasteiger partial charge on any atom is -0.340 e. The van der Waals surface area contributed by atoms with E-state index in [2.05, 4.69) is 11.8 Å². The third-order valence-electron chi connectivity index (χ3n) is 5.82. The average molecular weight is 379 g/mol. The molecule has 1 saturated carbocycles. The lowest BCUT2D eigenvalue weighted by Gasteiger charge is -2.38. The van der Waals surface area contributed by atoms with E-state index in [4.69, 9.17) is 0 Å². The van der Waals surface area contributed by atoms with Gasteiger partial charge in [0.05, 0.1) is 4.90 Å². The standard InChI is InChI=1S/C20H30N2O3S/c1-2-22(18-9-5-3-6-10-18)20(23)17-13-15-21(16-14-17)26(24,25)19-11-7-4-8-12-19/h4,7-8,11-12,17-18H,2-3,5-6,9-10,13-16H2,1H3. The van der Waals surface area contributed by atoms with Crippen molar-refractivity contribution in [3.63, 3.8) is 0 Å². The van der Waals surface area contributed by atoms with E-state index in [1.807, 2.05) is 6.07 Å². The van der Waals surface area contributed by atoms with Crippen molar-refractivity contribution in [2.45, 2.75) is 62.8 Å². The Balaban J connectivity index is 1.61. The van der Waals surface area contributed by atoms with Gasteiger partial charge in [-0.05, 0) is 44.7 Å². The molecule has 0 N–H and O–H groups in total. The first-order valence-corrected chi connectivity index (χ1v) is 11.3. The minimum atomic E-state index is -3.45. The van der Waals surface area contributed by atoms with E-state index >= 15 is 0 Å². The monoisotopic (exact) mass is 378 g/mol. The van der Waals surface area contributed by atoms with Gasteiger partial charge < -0.3 is 4.90 Å². The summed E-state index contributed by atoms with van der Waals surface area (Å²) in [4.78, 5) is 15.4. The Morgan fingerprint density at radius 2 is 1.65 bits per heavy atom. The van der Waals surface area contributed by atoms with E-state index in [1.54, 1.807) is 24.3 Å². The normalized spacial score (nSPS) is 20.8. The lowest BCUT2D eigenvalue weighted by Crippen LogP contribution is -2.48. The first-order valence-electron chi connectivity index (χ1n) is 9.89. The van der Waals surface area contributed by atoms with Gasteiger partial charge in [-0.3, -0.25) is 4.79 Å². The Morgan fingerprint density at radius 3 is 2.23 bits per heavy atom. The van der Waals surface area contributed by atoms with Gasteiger partial charge in [-0.1, -0.05) is 37.5 Å². The molecule has 1 amide bonds. The molecule has 0 atom stereocenters. The van der Waals surface area contributed by atoms with Crippen LogP contribution in [-0.2, 0) is 14.8 Å². The topological polar surface area (TPSA) is 57.7 Å². The number of nitrogens with zero attached hydrogens (tertiary/aromatic N) is 2. The number of hydrogen-bond acceptors (Lipinski definition) is 3. The summed E-state index contributed by atoms with van der Waals surface area (Å²) in [6.07, 6.45) is 7.16. The van der Waals surface area contributed by atoms with Gasteiger partial charge in [-0.15, -0.1) is 0 Å². The minimum absolute atomic E-state index is 0.0425. The van der Waals surface area contributed by atoms with Gasteiger partial charge in [0.15, 0.2) is 0 Å². The van der Waals surface area contributed by atoms with E-state index in [0.717, 1.165) is 19.4 Å². The van der Waals surface area contributed by atoms with Crippen molar-refractivity contribution < 1.29 is 13.2 Å². The molecule has 6 heteroatoms. The van der Waals surface area contributed by atoms with Crippen LogP contribution in [0.1, 0.15) is 51.9 Å². The maximum atomic E-state index is 13.0. The van der Waals surface area contributed by atoms with Gasteiger partial charge in [0.25, 0.3) is 0 Å². The molecule has 1 saturated heterocycles. The lowest BCUT2D eigenvalue weighted by atomic mass is 9.91. The number of benzene rings is 1. The fourth-order valence-corrected chi connectivity index (χ4v) is 5.80. The summed E-state index contributed by atoms with van der Waals surface area (Å²) in [5.74, 6) is 0.190. The van der Waals surface area contributed by atoms with Crippen molar-refractivity contribution in [3.8, 4) is 0 Å². The van der Waals surface area contributed by atoms with Crippen LogP contribution in [-0.4, -0.2) is 49.2 Å². The van der Waals surface area contributed by atoms with Crippen LogP contribution < -0.4 is 0 Å². The average Bonchev–Trinajstić information content (AvgIpc) is 2.70. The van der Waals surface area contributed by atoms with Gasteiger partial charge in [-0.25, -0.2) is 8.42 Å². The highest BCUT2D eigenvalue weighted by molar-refractivity contribution is 7.89. The fraction of sp³-hybridized carbons (Fsp3) is 0.650. The van der Waals surface area contributed by atoms with Crippen molar-refractivity contribution in [3.05, 3.63) is 30.3 Å². The van der Waals surface area contributed by atoms with Crippen LogP contribution in [0.4, 0.5) is 0 Å². The van der Waals surface area contributed by atoms with Gasteiger partial charge in [0, 0.05) is 31.6 Å². The molecule has 0 radical (unpaired) electrons. The predicted molar refractivity (Wildman–Crippen MR) is 102 cm³/mol. The zero-order valence-electron chi connectivity index (χ0n) is 15.6. The van der Waals surface area contributed by atoms with Crippen molar-refractivity contribution in [1.82, 2.24) is 9.21 Å². The van der Waals surface area contributed by atoms with E-state index in [0.29, 0.717) is 36.9 Å². The first kappa shape index (κ1) is 19.4. The SMILES string of the molecule is CCN(C(=O)C1CCN(S(=O)(=O)c2ccccc2)CC1)C1CCCCC1. The molecule has 1 aliphatic carbocycles. The first-order chi connectivity index (χ1) is 12.5. The summed E-state index contributed by atoms with van der Waals surface area (Å²) in [6, 6.07) is 8.95. The molecule has 1 aliphatic heterocycles. The molecule has 3 rings (SSSR count). The summed E-state index contributed by atoms with van der Waals surface area (Å²) in [7, 11) is -3.45. The zero-order chi connectivity index (χ0) is 18.6. The molecule has 0 spiro atoms. The summed E-state index contributed by atoms with van der Waals surface area (Å²) in [5, 5.41) is 0. The summed E-state index contributed by atoms with van der Waals surface area (Å²) >= 11 is 0. The Kier molecular flexibility index (Phi) is 6.35. The lowest BCUT2D eigenvalue weighted by molar-refractivity contribution is -0.139. The highest BCUT2D eigenvalue weighted by Crippen LogP contribution is 2.28. The Morgan fingerprint density at radius 1 is 1.04 bits per heavy atom. The fourth-order valence-electron chi connectivity index (χ4n) is 4.31. The van der Waals surface area contributed by atoms with Crippen LogP contribution in [0.25, 0.3) is 0 Å². The van der Waals surface area contributed by atoms with E-state index in [9.17, 15) is 13.2 Å². The molecule has 1 aromatic carbocycles. The second-order valence-electron chi connectivity index (χ2n) is 7.41. The third kappa shape index (κ3) is 4.12. The summed E-state index contributed by atoms with van der Waals surface area (Å²) in [5.41, 5.74) is 0. The summed E-state index contributed by atoms with van der Waals surface area (Å²) in [6.45, 7) is 3.67. The van der Waals surface area contributed by atoms with Crippen LogP contribution >= 0.6 is 0 Å². The Labute approximate surface area is 157 Å². The number of sulfonamides is 1. The van der Waals surface area contributed by atoms with E-state index < -0.39 is 10.0 Å². The number of rotatable bonds is 5. The highest BCUT2D eigenvalue weighted by Gasteiger charge is 2.35. The molecule has 0 bridgehead atoms. The van der Waals surface area contributed by atoms with Crippen LogP contribution in [0.5, 0.6) is 0 Å². The maximum Gasteiger partial charge on any atom is 0.243 e. The smallest absolute Gasteiger partial charge is 0.243 e. The van der Waals surface area contributed by atoms with Crippen molar-refractivity contribution >= 4 is 15.9 Å². The third-order valence-corrected chi connectivity index (χ3v) is 7.74. The van der Waals surface area contributed by atoms with Crippen molar-refractivity contribution in [1.29, 1.82) is 0 Å². The van der Waals surface area contributed by atoms with Crippen LogP contribution in [0.2, 0.25) is 0 Å². The molecule has 144 valence electrons. The maximum absolute atomic E-state index is 13.0. The number of hydrogen-bond donors (Lipinski definition) is 0. The largest absolute Gasteiger partial charge is 0.340 e. The summed E-state index contributed by atoms with van der Waals surface area (Å²) < 4.78 is 27.0. The van der Waals surface area contributed by atoms with Crippen molar-refractivity contribution in [2.24, 2.45) is 5.92 Å². The number of carbonyl (C=O) groups excluding carboxylic acids is 1. The van der Waals surface area contributed by atoms with Gasteiger partial charge in [-0.2, -0.15) is 4.31 Å². The Bertz CT molecular complexity index is 691. The zero-order valence-corrected chi connectivity index (χ0v) is 16.5. The molecule has 2 aliphatic rings. The second-order valence-corrected chi connectivity index (χ2v) is 9.35. The van der Waals surface area contributed by atoms with Crippen LogP contribution in [0.3, 0.4) is 0 Å². The van der Waals surface area contributed by atoms with Gasteiger partial charge in [0.1, 0.15) is 0 Å². The quantitative estimate of drug-likeness (QED) is 0.790. The molecule has 0 unspecified atom stereocenters. The second kappa shape index (κ2) is 8.53. The molecular weight excluding hydrogens is 348 g/mol. The molecule has 26 heavy (non-hydrogen) atoms. The molecular formula is C20H30N2O3S.